The summed E-state index contributed by atoms with van der Waals surface area (Å²) >= 11 is 0. The molecule has 0 amide bonds. The second-order valence-corrected chi connectivity index (χ2v) is 2.77. The van der Waals surface area contributed by atoms with Crippen molar-refractivity contribution in [3.63, 3.8) is 0 Å². The Morgan fingerprint density at radius 3 is 1.80 bits per heavy atom. The van der Waals surface area contributed by atoms with Crippen molar-refractivity contribution in [3.05, 3.63) is 12.2 Å². The van der Waals surface area contributed by atoms with Crippen molar-refractivity contribution in [2.24, 2.45) is 0 Å². The first kappa shape index (κ1) is 9.70. The summed E-state index contributed by atoms with van der Waals surface area (Å²) in [5.41, 5.74) is 0. The lowest BCUT2D eigenvalue weighted by Gasteiger charge is -2.26. The molecule has 0 saturated carbocycles. The van der Waals surface area contributed by atoms with Crippen molar-refractivity contribution in [2.75, 3.05) is 26.7 Å². The Morgan fingerprint density at radius 1 is 1.20 bits per heavy atom. The zero-order valence-electron chi connectivity index (χ0n) is 7.72. The van der Waals surface area contributed by atoms with Gasteiger partial charge in [-0.05, 0) is 19.1 Å². The highest BCUT2D eigenvalue weighted by molar-refractivity contribution is 4.87. The summed E-state index contributed by atoms with van der Waals surface area (Å²) in [6, 6.07) is 0. The van der Waals surface area contributed by atoms with Gasteiger partial charge in [-0.2, -0.15) is 0 Å². The van der Waals surface area contributed by atoms with Gasteiger partial charge in [-0.15, -0.1) is 0 Å². The number of hydrogen-bond donors (Lipinski definition) is 0. The van der Waals surface area contributed by atoms with E-state index in [1.54, 1.807) is 0 Å². The van der Waals surface area contributed by atoms with E-state index in [0.29, 0.717) is 0 Å². The SMILES string of the molecule is CC.CC[N+]1(C)CC=CC1. The zero-order valence-corrected chi connectivity index (χ0v) is 7.72. The molecule has 0 N–H and O–H groups in total. The molecule has 1 heterocycles. The van der Waals surface area contributed by atoms with Crippen LogP contribution in [0.5, 0.6) is 0 Å². The quantitative estimate of drug-likeness (QED) is 0.388. The van der Waals surface area contributed by atoms with Crippen molar-refractivity contribution in [1.29, 1.82) is 0 Å². The summed E-state index contributed by atoms with van der Waals surface area (Å²) in [5.74, 6) is 0. The molecule has 1 heteroatoms. The van der Waals surface area contributed by atoms with Gasteiger partial charge in [-0.25, -0.2) is 0 Å². The first-order valence-electron chi connectivity index (χ1n) is 4.25. The molecule has 0 aromatic carbocycles. The lowest BCUT2D eigenvalue weighted by atomic mass is 10.5. The van der Waals surface area contributed by atoms with Crippen molar-refractivity contribution < 1.29 is 4.48 Å². The molecule has 0 aromatic rings. The molecule has 1 aliphatic heterocycles. The average Bonchev–Trinajstić information content (AvgIpc) is 2.42. The van der Waals surface area contributed by atoms with Crippen LogP contribution in [0.25, 0.3) is 0 Å². The van der Waals surface area contributed by atoms with Gasteiger partial charge in [0.25, 0.3) is 0 Å². The highest BCUT2D eigenvalue weighted by Crippen LogP contribution is 2.07. The average molecular weight is 142 g/mol. The van der Waals surface area contributed by atoms with Crippen LogP contribution in [0.1, 0.15) is 20.8 Å². The zero-order chi connectivity index (χ0) is 8.04. The van der Waals surface area contributed by atoms with Crippen LogP contribution in [0, 0.1) is 0 Å². The predicted octanol–water partition coefficient (Wildman–Crippen LogP) is 2.05. The standard InChI is InChI=1S/C7H14N.C2H6/c1-3-8(2)6-4-5-7-8;1-2/h4-5H,3,6-7H2,1-2H3;1-2H3/q+1;. The fourth-order valence-electron chi connectivity index (χ4n) is 0.991. The predicted molar refractivity (Wildman–Crippen MR) is 46.9 cm³/mol. The fraction of sp³-hybridized carbons (Fsp3) is 0.778. The Bertz CT molecular complexity index is 97.3. The van der Waals surface area contributed by atoms with E-state index >= 15 is 0 Å². The largest absolute Gasteiger partial charge is 0.320 e. The van der Waals surface area contributed by atoms with Crippen LogP contribution in [0.3, 0.4) is 0 Å². The molecule has 1 aliphatic rings. The molecule has 0 aromatic heterocycles. The van der Waals surface area contributed by atoms with Crippen LogP contribution < -0.4 is 0 Å². The summed E-state index contributed by atoms with van der Waals surface area (Å²) in [4.78, 5) is 0. The van der Waals surface area contributed by atoms with E-state index in [1.807, 2.05) is 13.8 Å². The Balaban J connectivity index is 0.000000371. The van der Waals surface area contributed by atoms with Gasteiger partial charge >= 0.3 is 0 Å². The third kappa shape index (κ3) is 2.53. The van der Waals surface area contributed by atoms with Crippen molar-refractivity contribution >= 4 is 0 Å². The van der Waals surface area contributed by atoms with Gasteiger partial charge < -0.3 is 4.48 Å². The highest BCUT2D eigenvalue weighted by Gasteiger charge is 2.18. The number of quaternary nitrogens is 1. The normalized spacial score (nSPS) is 20.0. The van der Waals surface area contributed by atoms with E-state index in [2.05, 4.69) is 26.1 Å². The van der Waals surface area contributed by atoms with Crippen LogP contribution in [-0.4, -0.2) is 31.2 Å². The molecule has 0 aliphatic carbocycles. The summed E-state index contributed by atoms with van der Waals surface area (Å²) in [6.45, 7) is 9.97. The van der Waals surface area contributed by atoms with Crippen molar-refractivity contribution in [3.8, 4) is 0 Å². The minimum absolute atomic E-state index is 1.21. The smallest absolute Gasteiger partial charge is 0.0976 e. The molecule has 0 spiro atoms. The summed E-state index contributed by atoms with van der Waals surface area (Å²) in [6.07, 6.45) is 4.53. The molecule has 0 atom stereocenters. The van der Waals surface area contributed by atoms with Crippen LogP contribution in [0.15, 0.2) is 12.2 Å². The topological polar surface area (TPSA) is 0 Å². The minimum atomic E-state index is 1.21. The summed E-state index contributed by atoms with van der Waals surface area (Å²) < 4.78 is 1.21. The summed E-state index contributed by atoms with van der Waals surface area (Å²) in [7, 11) is 2.29. The van der Waals surface area contributed by atoms with E-state index in [-0.39, 0.29) is 0 Å². The molecule has 60 valence electrons. The monoisotopic (exact) mass is 142 g/mol. The first-order valence-corrected chi connectivity index (χ1v) is 4.25. The lowest BCUT2D eigenvalue weighted by Crippen LogP contribution is -2.40. The second-order valence-electron chi connectivity index (χ2n) is 2.77. The van der Waals surface area contributed by atoms with E-state index in [0.717, 1.165) is 0 Å². The van der Waals surface area contributed by atoms with Crippen LogP contribution in [0.2, 0.25) is 0 Å². The van der Waals surface area contributed by atoms with E-state index < -0.39 is 0 Å². The molecule has 0 saturated heterocycles. The molecular formula is C9H20N+. The van der Waals surface area contributed by atoms with Crippen LogP contribution in [-0.2, 0) is 0 Å². The third-order valence-corrected chi connectivity index (χ3v) is 2.02. The Labute approximate surface area is 64.9 Å². The number of hydrogen-bond acceptors (Lipinski definition) is 0. The van der Waals surface area contributed by atoms with E-state index in [1.165, 1.54) is 24.1 Å². The van der Waals surface area contributed by atoms with E-state index in [4.69, 9.17) is 0 Å². The molecule has 0 unspecified atom stereocenters. The third-order valence-electron chi connectivity index (χ3n) is 2.02. The van der Waals surface area contributed by atoms with Crippen LogP contribution in [0.4, 0.5) is 0 Å². The number of rotatable bonds is 1. The molecule has 10 heavy (non-hydrogen) atoms. The van der Waals surface area contributed by atoms with Crippen molar-refractivity contribution in [1.82, 2.24) is 0 Å². The molecule has 1 rings (SSSR count). The molecule has 0 bridgehead atoms. The number of likely N-dealkylation sites (N-methyl/N-ethyl adjacent to an activating group) is 1. The van der Waals surface area contributed by atoms with Gasteiger partial charge in [0.1, 0.15) is 0 Å². The Kier molecular flexibility index (Phi) is 4.37. The fourth-order valence-corrected chi connectivity index (χ4v) is 0.991. The second kappa shape index (κ2) is 4.51. The van der Waals surface area contributed by atoms with Gasteiger partial charge in [0.15, 0.2) is 0 Å². The minimum Gasteiger partial charge on any atom is -0.320 e. The highest BCUT2D eigenvalue weighted by atomic mass is 15.3. The van der Waals surface area contributed by atoms with Crippen molar-refractivity contribution in [2.45, 2.75) is 20.8 Å². The number of nitrogens with zero attached hydrogens (tertiary/aromatic N) is 1. The molecule has 0 radical (unpaired) electrons. The summed E-state index contributed by atoms with van der Waals surface area (Å²) in [5, 5.41) is 0. The lowest BCUT2D eigenvalue weighted by molar-refractivity contribution is -0.891. The maximum Gasteiger partial charge on any atom is 0.0976 e. The van der Waals surface area contributed by atoms with Crippen LogP contribution >= 0.6 is 0 Å². The maximum atomic E-state index is 2.29. The maximum absolute atomic E-state index is 2.29. The van der Waals surface area contributed by atoms with Gasteiger partial charge in [0.2, 0.25) is 0 Å². The van der Waals surface area contributed by atoms with E-state index in [9.17, 15) is 0 Å². The van der Waals surface area contributed by atoms with Gasteiger partial charge in [-0.1, -0.05) is 13.8 Å². The van der Waals surface area contributed by atoms with Gasteiger partial charge in [0.05, 0.1) is 26.7 Å². The van der Waals surface area contributed by atoms with Gasteiger partial charge in [0, 0.05) is 0 Å². The first-order chi connectivity index (χ1) is 4.77. The molecule has 0 fully saturated rings. The molecular weight excluding hydrogens is 122 g/mol. The Morgan fingerprint density at radius 2 is 1.60 bits per heavy atom. The Hall–Kier alpha value is -0.300. The van der Waals surface area contributed by atoms with Gasteiger partial charge in [-0.3, -0.25) is 0 Å². The molecule has 1 nitrogen and oxygen atoms in total.